The summed E-state index contributed by atoms with van der Waals surface area (Å²) >= 11 is 0. The molecule has 2 aliphatic carbocycles. The standard InChI is InChI=1S/C63H43N3O/c1-3-55(65-63(46-31-29-41-17-8-10-19-44(41)37-46)64-39(2)42-30-28-40-16-7-9-18-43(40)36-42)53-25-15-27-57-60(53)54-33-32-45(38-58(54)67-57)59-50-24-12-11-22-48(50)51-34-35-52-49-23-13-14-26-56(49)66(62(52)61(51)59)47-20-5-4-6-21-47/h3-8,10-17,19-38,59H,1-2,9,18H2. The van der Waals surface area contributed by atoms with E-state index in [1.54, 1.807) is 0 Å². The average molecular weight is 858 g/mol. The van der Waals surface area contributed by atoms with Crippen molar-refractivity contribution in [3.63, 3.8) is 0 Å². The fourth-order valence-electron chi connectivity index (χ4n) is 10.8. The van der Waals surface area contributed by atoms with Crippen molar-refractivity contribution in [2.24, 2.45) is 9.98 Å². The number of para-hydroxylation sites is 2. The highest BCUT2D eigenvalue weighted by Gasteiger charge is 2.34. The fourth-order valence-corrected chi connectivity index (χ4v) is 10.8. The molecule has 2 aliphatic rings. The van der Waals surface area contributed by atoms with Crippen LogP contribution in [0.3, 0.4) is 0 Å². The topological polar surface area (TPSA) is 42.8 Å². The number of furan rings is 1. The first-order valence-electron chi connectivity index (χ1n) is 23.0. The molecule has 4 heteroatoms. The van der Waals surface area contributed by atoms with Gasteiger partial charge in [0.2, 0.25) is 0 Å². The molecule has 316 valence electrons. The zero-order chi connectivity index (χ0) is 44.6. The van der Waals surface area contributed by atoms with E-state index in [1.165, 1.54) is 60.8 Å². The van der Waals surface area contributed by atoms with E-state index in [0.29, 0.717) is 17.2 Å². The SMILES string of the molecule is C=CC(=NC(=NC(=C)c1ccc2c(c1)CCC=C2)c1ccc2ccccc2c1)c1cccc2oc3cc(C4c5ccccc5-c5ccc6c7ccccc7n(-c7ccccc7)c6c54)ccc3c12. The predicted octanol–water partition coefficient (Wildman–Crippen LogP) is 16.0. The number of hydrogen-bond acceptors (Lipinski definition) is 2. The molecule has 0 spiro atoms. The van der Waals surface area contributed by atoms with Gasteiger partial charge in [-0.1, -0.05) is 171 Å². The van der Waals surface area contributed by atoms with Crippen molar-refractivity contribution >= 4 is 77.8 Å². The van der Waals surface area contributed by atoms with Crippen LogP contribution in [0, 0.1) is 0 Å². The van der Waals surface area contributed by atoms with E-state index in [9.17, 15) is 0 Å². The second-order valence-corrected chi connectivity index (χ2v) is 17.7. The molecule has 11 aromatic rings. The summed E-state index contributed by atoms with van der Waals surface area (Å²) in [5.74, 6) is 0.539. The van der Waals surface area contributed by atoms with Gasteiger partial charge in [0.15, 0.2) is 5.84 Å². The quantitative estimate of drug-likeness (QED) is 0.116. The van der Waals surface area contributed by atoms with Crippen LogP contribution in [-0.2, 0) is 6.42 Å². The number of fused-ring (bicyclic) bond motifs is 12. The first-order chi connectivity index (χ1) is 33.1. The zero-order valence-electron chi connectivity index (χ0n) is 36.8. The van der Waals surface area contributed by atoms with E-state index in [2.05, 4.69) is 206 Å². The van der Waals surface area contributed by atoms with Gasteiger partial charge in [-0.3, -0.25) is 0 Å². The highest BCUT2D eigenvalue weighted by molar-refractivity contribution is 6.25. The van der Waals surface area contributed by atoms with Crippen molar-refractivity contribution in [2.75, 3.05) is 0 Å². The molecular formula is C63H43N3O. The van der Waals surface area contributed by atoms with E-state index < -0.39 is 0 Å². The van der Waals surface area contributed by atoms with Crippen LogP contribution in [0.15, 0.2) is 228 Å². The molecule has 0 fully saturated rings. The number of aryl methyl sites for hydroxylation is 1. The molecule has 0 saturated carbocycles. The fraction of sp³-hybridized carbons (Fsp3) is 0.0476. The minimum Gasteiger partial charge on any atom is -0.456 e. The maximum atomic E-state index is 6.85. The molecule has 0 radical (unpaired) electrons. The molecule has 9 aromatic carbocycles. The number of rotatable bonds is 7. The summed E-state index contributed by atoms with van der Waals surface area (Å²) in [7, 11) is 0. The highest BCUT2D eigenvalue weighted by Crippen LogP contribution is 2.53. The molecule has 13 rings (SSSR count). The van der Waals surface area contributed by atoms with Crippen molar-refractivity contribution < 1.29 is 4.42 Å². The molecule has 0 aliphatic heterocycles. The van der Waals surface area contributed by atoms with Crippen LogP contribution in [0.1, 0.15) is 56.8 Å². The van der Waals surface area contributed by atoms with Gasteiger partial charge in [0, 0.05) is 44.3 Å². The number of hydrogen-bond donors (Lipinski definition) is 0. The van der Waals surface area contributed by atoms with E-state index in [-0.39, 0.29) is 5.92 Å². The molecule has 0 amide bonds. The second-order valence-electron chi connectivity index (χ2n) is 17.7. The minimum absolute atomic E-state index is 0.0236. The summed E-state index contributed by atoms with van der Waals surface area (Å²) in [6.07, 6.45) is 8.30. The second kappa shape index (κ2) is 15.5. The van der Waals surface area contributed by atoms with Crippen LogP contribution < -0.4 is 0 Å². The Balaban J connectivity index is 0.969. The summed E-state index contributed by atoms with van der Waals surface area (Å²) in [6.45, 7) is 8.81. The molecule has 2 aromatic heterocycles. The smallest absolute Gasteiger partial charge is 0.160 e. The van der Waals surface area contributed by atoms with Crippen molar-refractivity contribution in [2.45, 2.75) is 18.8 Å². The van der Waals surface area contributed by atoms with Gasteiger partial charge in [-0.05, 0) is 117 Å². The van der Waals surface area contributed by atoms with Crippen LogP contribution in [0.2, 0.25) is 0 Å². The highest BCUT2D eigenvalue weighted by atomic mass is 16.3. The third kappa shape index (κ3) is 6.29. The van der Waals surface area contributed by atoms with Crippen LogP contribution in [0.25, 0.3) is 83.1 Å². The maximum Gasteiger partial charge on any atom is 0.160 e. The molecular weight excluding hydrogens is 815 g/mol. The first kappa shape index (κ1) is 38.8. The van der Waals surface area contributed by atoms with Gasteiger partial charge in [0.1, 0.15) is 11.2 Å². The summed E-state index contributed by atoms with van der Waals surface area (Å²) in [6, 6.07) is 67.3. The summed E-state index contributed by atoms with van der Waals surface area (Å²) < 4.78 is 9.31. The minimum atomic E-state index is -0.0236. The van der Waals surface area contributed by atoms with E-state index in [0.717, 1.165) is 67.9 Å². The lowest BCUT2D eigenvalue weighted by Gasteiger charge is -2.18. The Morgan fingerprint density at radius 2 is 1.43 bits per heavy atom. The number of nitrogens with zero attached hydrogens (tertiary/aromatic N) is 3. The molecule has 0 N–H and O–H groups in total. The van der Waals surface area contributed by atoms with Crippen molar-refractivity contribution in [1.29, 1.82) is 0 Å². The average Bonchev–Trinajstić information content (AvgIpc) is 4.05. The number of allylic oxidation sites excluding steroid dienone is 2. The Bertz CT molecular complexity index is 3970. The molecule has 67 heavy (non-hydrogen) atoms. The Morgan fingerprint density at radius 3 is 2.34 bits per heavy atom. The summed E-state index contributed by atoms with van der Waals surface area (Å²) in [5, 5.41) is 6.76. The van der Waals surface area contributed by atoms with Gasteiger partial charge in [0.25, 0.3) is 0 Å². The van der Waals surface area contributed by atoms with Gasteiger partial charge in [-0.25, -0.2) is 9.98 Å². The lowest BCUT2D eigenvalue weighted by molar-refractivity contribution is 0.668. The molecule has 4 nitrogen and oxygen atoms in total. The van der Waals surface area contributed by atoms with Gasteiger partial charge < -0.3 is 8.98 Å². The van der Waals surface area contributed by atoms with Gasteiger partial charge in [-0.15, -0.1) is 0 Å². The predicted molar refractivity (Wildman–Crippen MR) is 281 cm³/mol. The zero-order valence-corrected chi connectivity index (χ0v) is 36.8. The number of aliphatic imine (C=N–C) groups is 2. The van der Waals surface area contributed by atoms with Crippen molar-refractivity contribution in [1.82, 2.24) is 4.57 Å². The van der Waals surface area contributed by atoms with Crippen LogP contribution in [-0.4, -0.2) is 16.1 Å². The summed E-state index contributed by atoms with van der Waals surface area (Å²) in [5.41, 5.74) is 18.2. The normalized spacial score (nSPS) is 14.5. The summed E-state index contributed by atoms with van der Waals surface area (Å²) in [4.78, 5) is 10.6. The van der Waals surface area contributed by atoms with Crippen molar-refractivity contribution in [3.8, 4) is 16.8 Å². The molecule has 0 bridgehead atoms. The Morgan fingerprint density at radius 1 is 0.627 bits per heavy atom. The molecule has 1 atom stereocenters. The lowest BCUT2D eigenvalue weighted by Crippen LogP contribution is -2.06. The largest absolute Gasteiger partial charge is 0.456 e. The Hall–Kier alpha value is -8.60. The number of aromatic nitrogens is 1. The van der Waals surface area contributed by atoms with Crippen molar-refractivity contribution in [3.05, 3.63) is 258 Å². The van der Waals surface area contributed by atoms with Crippen LogP contribution in [0.5, 0.6) is 0 Å². The first-order valence-corrected chi connectivity index (χ1v) is 23.0. The van der Waals surface area contributed by atoms with Gasteiger partial charge >= 0.3 is 0 Å². The molecule has 2 heterocycles. The Labute approximate surface area is 388 Å². The van der Waals surface area contributed by atoms with Gasteiger partial charge in [-0.2, -0.15) is 0 Å². The Kier molecular flexibility index (Phi) is 9.00. The third-order valence-corrected chi connectivity index (χ3v) is 13.9. The number of amidine groups is 1. The van der Waals surface area contributed by atoms with E-state index in [1.807, 2.05) is 18.2 Å². The van der Waals surface area contributed by atoms with E-state index in [4.69, 9.17) is 14.4 Å². The monoisotopic (exact) mass is 857 g/mol. The lowest BCUT2D eigenvalue weighted by atomic mass is 9.87. The molecule has 0 saturated heterocycles. The molecule has 1 unspecified atom stereocenters. The van der Waals surface area contributed by atoms with Crippen LogP contribution in [0.4, 0.5) is 0 Å². The van der Waals surface area contributed by atoms with E-state index >= 15 is 0 Å². The number of benzene rings is 9. The van der Waals surface area contributed by atoms with Gasteiger partial charge in [0.05, 0.1) is 22.4 Å². The maximum absolute atomic E-state index is 6.85. The van der Waals surface area contributed by atoms with Crippen LogP contribution >= 0.6 is 0 Å². The third-order valence-electron chi connectivity index (χ3n) is 13.9.